The van der Waals surface area contributed by atoms with E-state index in [1.807, 2.05) is 43.3 Å². The highest BCUT2D eigenvalue weighted by Crippen LogP contribution is 2.51. The van der Waals surface area contributed by atoms with Gasteiger partial charge in [-0.15, -0.1) is 0 Å². The molecule has 2 heterocycles. The van der Waals surface area contributed by atoms with Crippen molar-refractivity contribution in [3.8, 4) is 22.8 Å². The Morgan fingerprint density at radius 3 is 2.41 bits per heavy atom. The number of aromatic nitrogens is 1. The van der Waals surface area contributed by atoms with E-state index in [0.717, 1.165) is 54.9 Å². The topological polar surface area (TPSA) is 22.1 Å². The Morgan fingerprint density at radius 2 is 1.62 bits per heavy atom. The summed E-state index contributed by atoms with van der Waals surface area (Å²) in [6, 6.07) is 19.6. The number of alkyl halides is 3. The lowest BCUT2D eigenvalue weighted by molar-refractivity contribution is -0.210. The van der Waals surface area contributed by atoms with Gasteiger partial charge in [-0.3, -0.25) is 4.98 Å². The van der Waals surface area contributed by atoms with Crippen LogP contribution in [0.25, 0.3) is 43.6 Å². The second kappa shape index (κ2) is 6.95. The normalized spacial score (nSPS) is 13.4. The van der Waals surface area contributed by atoms with Crippen molar-refractivity contribution in [1.29, 1.82) is 0 Å². The molecule has 0 radical (unpaired) electrons. The molecule has 0 unspecified atom stereocenters. The van der Waals surface area contributed by atoms with E-state index in [-0.39, 0.29) is 6.42 Å². The van der Waals surface area contributed by atoms with E-state index in [0.29, 0.717) is 11.3 Å². The molecule has 1 aliphatic rings. The van der Waals surface area contributed by atoms with Crippen LogP contribution in [0.3, 0.4) is 0 Å². The van der Waals surface area contributed by atoms with Gasteiger partial charge in [0, 0.05) is 17.3 Å². The quantitative estimate of drug-likeness (QED) is 0.243. The van der Waals surface area contributed by atoms with Gasteiger partial charge in [-0.2, -0.15) is 13.2 Å². The molecule has 4 aromatic carbocycles. The van der Waals surface area contributed by atoms with Gasteiger partial charge in [0.15, 0.2) is 0 Å². The summed E-state index contributed by atoms with van der Waals surface area (Å²) in [5.41, 5.74) is 1.57. The van der Waals surface area contributed by atoms with Gasteiger partial charge in [-0.1, -0.05) is 56.3 Å². The standard InChI is InChI=1S/C29H22F3NO/c1-16-20-10-5-4-7-17(20)13-22-26-25-21(11-12-33-26)24-18(14-23(25)34-27(16)22)8-6-9-19(24)15-28(2,3)29(30,31)32/h4-14H,15H2,1-3H3. The fourth-order valence-electron chi connectivity index (χ4n) is 5.14. The van der Waals surface area contributed by atoms with Crippen LogP contribution in [0.4, 0.5) is 13.2 Å². The molecule has 0 spiro atoms. The van der Waals surface area contributed by atoms with Crippen LogP contribution in [-0.4, -0.2) is 11.2 Å². The number of rotatable bonds is 2. The van der Waals surface area contributed by atoms with Crippen LogP contribution in [0.15, 0.2) is 66.9 Å². The average molecular weight is 457 g/mol. The van der Waals surface area contributed by atoms with Crippen molar-refractivity contribution in [3.05, 3.63) is 78.0 Å². The Kier molecular flexibility index (Phi) is 4.29. The van der Waals surface area contributed by atoms with E-state index in [9.17, 15) is 13.2 Å². The van der Waals surface area contributed by atoms with Gasteiger partial charge in [0.25, 0.3) is 0 Å². The Balaban J connectivity index is 1.66. The molecule has 5 aromatic rings. The van der Waals surface area contributed by atoms with Crippen molar-refractivity contribution in [3.63, 3.8) is 0 Å². The second-order valence-corrected chi connectivity index (χ2v) is 9.73. The van der Waals surface area contributed by atoms with E-state index in [2.05, 4.69) is 18.2 Å². The molecule has 0 aliphatic carbocycles. The Bertz CT molecular complexity index is 1630. The lowest BCUT2D eigenvalue weighted by Crippen LogP contribution is -2.34. The van der Waals surface area contributed by atoms with Crippen molar-refractivity contribution in [2.45, 2.75) is 33.4 Å². The molecule has 170 valence electrons. The first-order chi connectivity index (χ1) is 16.2. The minimum Gasteiger partial charge on any atom is -0.456 e. The Hall–Kier alpha value is -3.60. The molecule has 0 N–H and O–H groups in total. The van der Waals surface area contributed by atoms with Gasteiger partial charge < -0.3 is 4.74 Å². The molecule has 2 nitrogen and oxygen atoms in total. The molecule has 0 bridgehead atoms. The molecule has 34 heavy (non-hydrogen) atoms. The number of benzene rings is 4. The van der Waals surface area contributed by atoms with Crippen LogP contribution in [0.5, 0.6) is 11.5 Å². The number of halogens is 3. The summed E-state index contributed by atoms with van der Waals surface area (Å²) in [6.07, 6.45) is -2.67. The molecule has 0 amide bonds. The summed E-state index contributed by atoms with van der Waals surface area (Å²) in [5, 5.41) is 5.60. The first-order valence-corrected chi connectivity index (χ1v) is 11.3. The van der Waals surface area contributed by atoms with Crippen molar-refractivity contribution >= 4 is 32.3 Å². The first kappa shape index (κ1) is 21.0. The van der Waals surface area contributed by atoms with E-state index in [1.54, 1.807) is 12.3 Å². The lowest BCUT2D eigenvalue weighted by atomic mass is 9.82. The Labute approximate surface area is 195 Å². The van der Waals surface area contributed by atoms with E-state index >= 15 is 0 Å². The molecule has 1 aliphatic heterocycles. The molecule has 0 saturated heterocycles. The van der Waals surface area contributed by atoms with Crippen LogP contribution < -0.4 is 4.74 Å². The highest BCUT2D eigenvalue weighted by Gasteiger charge is 2.47. The van der Waals surface area contributed by atoms with E-state index < -0.39 is 11.6 Å². The molecule has 0 saturated carbocycles. The molecule has 0 atom stereocenters. The SMILES string of the molecule is Cc1c2c(cc3ccccc13)-c1nccc3c1c(cc1cccc(CC(C)(C)C(F)(F)F)c13)O2. The van der Waals surface area contributed by atoms with Crippen LogP contribution in [0.1, 0.15) is 25.0 Å². The fraction of sp³-hybridized carbons (Fsp3) is 0.207. The van der Waals surface area contributed by atoms with Crippen LogP contribution in [0, 0.1) is 12.3 Å². The fourth-order valence-corrected chi connectivity index (χ4v) is 5.14. The largest absolute Gasteiger partial charge is 0.456 e. The zero-order valence-corrected chi connectivity index (χ0v) is 19.0. The third-order valence-corrected chi connectivity index (χ3v) is 7.05. The van der Waals surface area contributed by atoms with Crippen molar-refractivity contribution in [2.75, 3.05) is 0 Å². The average Bonchev–Trinajstić information content (AvgIpc) is 2.79. The summed E-state index contributed by atoms with van der Waals surface area (Å²) in [6.45, 7) is 4.56. The van der Waals surface area contributed by atoms with Crippen LogP contribution >= 0.6 is 0 Å². The van der Waals surface area contributed by atoms with Crippen molar-refractivity contribution in [2.24, 2.45) is 5.41 Å². The summed E-state index contributed by atoms with van der Waals surface area (Å²) < 4.78 is 47.6. The lowest BCUT2D eigenvalue weighted by Gasteiger charge is -2.29. The van der Waals surface area contributed by atoms with Gasteiger partial charge in [-0.25, -0.2) is 0 Å². The number of fused-ring (bicyclic) bond motifs is 5. The predicted octanol–water partition coefficient (Wildman–Crippen LogP) is 8.75. The number of hydrogen-bond acceptors (Lipinski definition) is 2. The minimum absolute atomic E-state index is 0.110. The highest BCUT2D eigenvalue weighted by atomic mass is 19.4. The zero-order chi connectivity index (χ0) is 23.8. The summed E-state index contributed by atoms with van der Waals surface area (Å²) in [7, 11) is 0. The van der Waals surface area contributed by atoms with Gasteiger partial charge in [0.2, 0.25) is 0 Å². The maximum atomic E-state index is 13.7. The first-order valence-electron chi connectivity index (χ1n) is 11.3. The molecule has 1 aromatic heterocycles. The van der Waals surface area contributed by atoms with Gasteiger partial charge >= 0.3 is 6.18 Å². The van der Waals surface area contributed by atoms with E-state index in [4.69, 9.17) is 9.72 Å². The number of ether oxygens (including phenoxy) is 1. The van der Waals surface area contributed by atoms with Gasteiger partial charge in [-0.05, 0) is 64.0 Å². The van der Waals surface area contributed by atoms with Gasteiger partial charge in [0.05, 0.1) is 16.5 Å². The number of hydrogen-bond donors (Lipinski definition) is 0. The van der Waals surface area contributed by atoms with Gasteiger partial charge in [0.1, 0.15) is 11.5 Å². The predicted molar refractivity (Wildman–Crippen MR) is 131 cm³/mol. The van der Waals surface area contributed by atoms with Crippen molar-refractivity contribution < 1.29 is 17.9 Å². The third-order valence-electron chi connectivity index (χ3n) is 7.05. The highest BCUT2D eigenvalue weighted by molar-refractivity contribution is 6.17. The minimum atomic E-state index is -4.30. The molecule has 6 rings (SSSR count). The second-order valence-electron chi connectivity index (χ2n) is 9.73. The smallest absolute Gasteiger partial charge is 0.394 e. The summed E-state index contributed by atoms with van der Waals surface area (Å²) >= 11 is 0. The Morgan fingerprint density at radius 1 is 0.853 bits per heavy atom. The maximum absolute atomic E-state index is 13.7. The molecular weight excluding hydrogens is 435 g/mol. The monoisotopic (exact) mass is 457 g/mol. The van der Waals surface area contributed by atoms with Crippen molar-refractivity contribution in [1.82, 2.24) is 4.98 Å². The summed E-state index contributed by atoms with van der Waals surface area (Å²) in [4.78, 5) is 4.72. The summed E-state index contributed by atoms with van der Waals surface area (Å²) in [5.74, 6) is 1.46. The zero-order valence-electron chi connectivity index (χ0n) is 19.0. The van der Waals surface area contributed by atoms with E-state index in [1.165, 1.54) is 13.8 Å². The number of aryl methyl sites for hydroxylation is 1. The maximum Gasteiger partial charge on any atom is 0.394 e. The molecular formula is C29H22F3NO. The van der Waals surface area contributed by atoms with Crippen LogP contribution in [0.2, 0.25) is 0 Å². The van der Waals surface area contributed by atoms with Crippen LogP contribution in [-0.2, 0) is 6.42 Å². The molecule has 0 fully saturated rings. The molecule has 5 heteroatoms. The third kappa shape index (κ3) is 2.92. The number of nitrogens with zero attached hydrogens (tertiary/aromatic N) is 1. The number of pyridine rings is 1.